The number of rotatable bonds is 2. The van der Waals surface area contributed by atoms with Crippen molar-refractivity contribution < 1.29 is 33.3 Å². The number of carbonyl (C=O) groups is 3. The topological polar surface area (TPSA) is 88.1 Å². The summed E-state index contributed by atoms with van der Waals surface area (Å²) >= 11 is 0. The van der Waals surface area contributed by atoms with E-state index in [1.54, 1.807) is 13.8 Å². The molecule has 7 nitrogen and oxygen atoms in total. The molecule has 2 heterocycles. The molecular weight excluding hydrogens is 268 g/mol. The van der Waals surface area contributed by atoms with Gasteiger partial charge in [-0.1, -0.05) is 0 Å². The van der Waals surface area contributed by atoms with E-state index in [1.807, 2.05) is 0 Å². The van der Waals surface area contributed by atoms with Gasteiger partial charge >= 0.3 is 6.16 Å². The third-order valence-corrected chi connectivity index (χ3v) is 2.74. The first-order valence-corrected chi connectivity index (χ1v) is 6.08. The molecule has 0 radical (unpaired) electrons. The van der Waals surface area contributed by atoms with E-state index in [0.29, 0.717) is 0 Å². The highest BCUT2D eigenvalue weighted by molar-refractivity contribution is 5.94. The molecule has 0 amide bonds. The van der Waals surface area contributed by atoms with E-state index in [4.69, 9.17) is 18.9 Å². The van der Waals surface area contributed by atoms with Crippen LogP contribution in [0.5, 0.6) is 0 Å². The minimum atomic E-state index is -1.02. The van der Waals surface area contributed by atoms with Crippen LogP contribution < -0.4 is 0 Å². The van der Waals surface area contributed by atoms with E-state index < -0.39 is 30.9 Å². The number of ether oxygens (including phenoxy) is 4. The molecule has 2 rings (SSSR count). The van der Waals surface area contributed by atoms with Gasteiger partial charge in [0.05, 0.1) is 0 Å². The van der Waals surface area contributed by atoms with Crippen LogP contribution in [-0.4, -0.2) is 42.5 Å². The summed E-state index contributed by atoms with van der Waals surface area (Å²) in [6, 6.07) is 0. The molecule has 0 bridgehead atoms. The van der Waals surface area contributed by atoms with Crippen LogP contribution in [-0.2, 0) is 28.5 Å². The van der Waals surface area contributed by atoms with Crippen LogP contribution in [0.25, 0.3) is 0 Å². The fourth-order valence-corrected chi connectivity index (χ4v) is 1.60. The molecule has 2 aliphatic rings. The lowest BCUT2D eigenvalue weighted by Crippen LogP contribution is -2.35. The van der Waals surface area contributed by atoms with E-state index in [-0.39, 0.29) is 11.6 Å². The fourth-order valence-electron chi connectivity index (χ4n) is 1.60. The Kier molecular flexibility index (Phi) is 4.31. The molecule has 0 aliphatic carbocycles. The fraction of sp³-hybridized carbons (Fsp3) is 0.462. The normalized spacial score (nSPS) is 33.1. The molecule has 0 aromatic carbocycles. The minimum Gasteiger partial charge on any atom is -0.400 e. The quantitative estimate of drug-likeness (QED) is 0.694. The monoisotopic (exact) mass is 282 g/mol. The van der Waals surface area contributed by atoms with Gasteiger partial charge in [0.1, 0.15) is 12.2 Å². The molecule has 0 N–H and O–H groups in total. The molecule has 0 fully saturated rings. The second-order valence-electron chi connectivity index (χ2n) is 4.30. The number of ketones is 2. The molecular formula is C13H14O7. The molecule has 20 heavy (non-hydrogen) atoms. The highest BCUT2D eigenvalue weighted by Crippen LogP contribution is 2.14. The van der Waals surface area contributed by atoms with Crippen molar-refractivity contribution in [2.75, 3.05) is 0 Å². The molecule has 4 atom stereocenters. The van der Waals surface area contributed by atoms with Gasteiger partial charge in [-0.25, -0.2) is 4.79 Å². The van der Waals surface area contributed by atoms with Gasteiger partial charge in [-0.3, -0.25) is 9.59 Å². The standard InChI is InChI=1S/C13H14O7/c1-7-9(14)3-5-11(17-7)19-13(16)20-12-6-4-10(15)8(2)18-12/h3-8,11-12H,1-2H3. The maximum Gasteiger partial charge on any atom is 0.513 e. The summed E-state index contributed by atoms with van der Waals surface area (Å²) in [6.45, 7) is 3.10. The van der Waals surface area contributed by atoms with Crippen molar-refractivity contribution in [3.05, 3.63) is 24.3 Å². The van der Waals surface area contributed by atoms with Gasteiger partial charge in [0, 0.05) is 0 Å². The predicted octanol–water partition coefficient (Wildman–Crippen LogP) is 0.880. The minimum absolute atomic E-state index is 0.205. The highest BCUT2D eigenvalue weighted by atomic mass is 16.8. The van der Waals surface area contributed by atoms with E-state index in [9.17, 15) is 14.4 Å². The van der Waals surface area contributed by atoms with Crippen molar-refractivity contribution in [2.45, 2.75) is 38.6 Å². The Balaban J connectivity index is 1.84. The predicted molar refractivity (Wildman–Crippen MR) is 64.5 cm³/mol. The van der Waals surface area contributed by atoms with Crippen LogP contribution in [0.4, 0.5) is 4.79 Å². The second kappa shape index (κ2) is 5.98. The first-order valence-electron chi connectivity index (χ1n) is 6.08. The lowest BCUT2D eigenvalue weighted by Gasteiger charge is -2.24. The Hall–Kier alpha value is -1.99. The van der Waals surface area contributed by atoms with Gasteiger partial charge in [0.15, 0.2) is 11.6 Å². The summed E-state index contributed by atoms with van der Waals surface area (Å²) in [7, 11) is 0. The summed E-state index contributed by atoms with van der Waals surface area (Å²) in [5.74, 6) is -0.409. The van der Waals surface area contributed by atoms with Crippen molar-refractivity contribution in [2.24, 2.45) is 0 Å². The van der Waals surface area contributed by atoms with E-state index >= 15 is 0 Å². The molecule has 0 aromatic rings. The Morgan fingerprint density at radius 1 is 0.950 bits per heavy atom. The van der Waals surface area contributed by atoms with Gasteiger partial charge in [0.25, 0.3) is 0 Å². The molecule has 2 aliphatic heterocycles. The van der Waals surface area contributed by atoms with Crippen LogP contribution in [0.15, 0.2) is 24.3 Å². The summed E-state index contributed by atoms with van der Waals surface area (Å²) in [5, 5.41) is 0. The van der Waals surface area contributed by atoms with Gasteiger partial charge in [0.2, 0.25) is 12.6 Å². The van der Waals surface area contributed by atoms with E-state index in [0.717, 1.165) is 0 Å². The third kappa shape index (κ3) is 3.52. The summed E-state index contributed by atoms with van der Waals surface area (Å²) in [4.78, 5) is 33.8. The van der Waals surface area contributed by atoms with Crippen molar-refractivity contribution in [3.8, 4) is 0 Å². The van der Waals surface area contributed by atoms with Crippen molar-refractivity contribution in [3.63, 3.8) is 0 Å². The Morgan fingerprint density at radius 2 is 1.35 bits per heavy atom. The molecule has 0 saturated carbocycles. The van der Waals surface area contributed by atoms with Crippen LogP contribution >= 0.6 is 0 Å². The molecule has 4 unspecified atom stereocenters. The van der Waals surface area contributed by atoms with Crippen molar-refractivity contribution in [1.29, 1.82) is 0 Å². The average molecular weight is 282 g/mol. The van der Waals surface area contributed by atoms with E-state index in [2.05, 4.69) is 0 Å². The van der Waals surface area contributed by atoms with Crippen molar-refractivity contribution >= 4 is 17.7 Å². The summed E-state index contributed by atoms with van der Waals surface area (Å²) in [6.07, 6.45) is 0.845. The van der Waals surface area contributed by atoms with Gasteiger partial charge in [-0.15, -0.1) is 0 Å². The molecule has 7 heteroatoms. The lowest BCUT2D eigenvalue weighted by atomic mass is 10.2. The molecule has 108 valence electrons. The van der Waals surface area contributed by atoms with Crippen molar-refractivity contribution in [1.82, 2.24) is 0 Å². The first kappa shape index (κ1) is 14.4. The van der Waals surface area contributed by atoms with Gasteiger partial charge < -0.3 is 18.9 Å². The average Bonchev–Trinajstić information content (AvgIpc) is 2.38. The molecule has 0 saturated heterocycles. The zero-order chi connectivity index (χ0) is 14.7. The maximum absolute atomic E-state index is 11.5. The summed E-state index contributed by atoms with van der Waals surface area (Å²) < 4.78 is 20.0. The SMILES string of the molecule is CC1OC(OC(=O)OC2C=CC(=O)C(C)O2)C=CC1=O. The Morgan fingerprint density at radius 3 is 1.70 bits per heavy atom. The van der Waals surface area contributed by atoms with Gasteiger partial charge in [-0.05, 0) is 38.2 Å². The van der Waals surface area contributed by atoms with Gasteiger partial charge in [-0.2, -0.15) is 0 Å². The molecule has 0 spiro atoms. The maximum atomic E-state index is 11.5. The lowest BCUT2D eigenvalue weighted by molar-refractivity contribution is -0.170. The Bertz CT molecular complexity index is 437. The zero-order valence-electron chi connectivity index (χ0n) is 11.0. The van der Waals surface area contributed by atoms with Crippen LogP contribution in [0.3, 0.4) is 0 Å². The zero-order valence-corrected chi connectivity index (χ0v) is 11.0. The van der Waals surface area contributed by atoms with Crippen LogP contribution in [0.2, 0.25) is 0 Å². The first-order chi connectivity index (χ1) is 9.45. The molecule has 0 aromatic heterocycles. The van der Waals surface area contributed by atoms with Crippen LogP contribution in [0, 0.1) is 0 Å². The Labute approximate surface area is 115 Å². The number of hydrogen-bond acceptors (Lipinski definition) is 7. The number of carbonyl (C=O) groups excluding carboxylic acids is 3. The van der Waals surface area contributed by atoms with E-state index in [1.165, 1.54) is 24.3 Å². The highest BCUT2D eigenvalue weighted by Gasteiger charge is 2.27. The van der Waals surface area contributed by atoms with Crippen LogP contribution in [0.1, 0.15) is 13.8 Å². The number of hydrogen-bond donors (Lipinski definition) is 0. The summed E-state index contributed by atoms with van der Waals surface area (Å²) in [5.41, 5.74) is 0. The smallest absolute Gasteiger partial charge is 0.400 e. The third-order valence-electron chi connectivity index (χ3n) is 2.74. The second-order valence-corrected chi connectivity index (χ2v) is 4.30. The largest absolute Gasteiger partial charge is 0.513 e.